The molecule has 2 rings (SSSR count). The highest BCUT2D eigenvalue weighted by molar-refractivity contribution is 14.0. The van der Waals surface area contributed by atoms with E-state index < -0.39 is 11.9 Å². The minimum atomic E-state index is -4.53. The minimum Gasteiger partial charge on any atom is -0.493 e. The molecular formula is C18H25F3IN5O2. The summed E-state index contributed by atoms with van der Waals surface area (Å²) in [6.07, 6.45) is -3.21. The third kappa shape index (κ3) is 6.98. The average Bonchev–Trinajstić information content (AvgIpc) is 3.02. The number of alkyl halides is 3. The molecule has 7 nitrogen and oxygen atoms in total. The molecule has 0 fully saturated rings. The monoisotopic (exact) mass is 527 g/mol. The molecule has 2 aromatic rings. The second-order valence-corrected chi connectivity index (χ2v) is 5.79. The second-order valence-electron chi connectivity index (χ2n) is 5.79. The quantitative estimate of drug-likeness (QED) is 0.323. The van der Waals surface area contributed by atoms with Gasteiger partial charge in [0.15, 0.2) is 23.2 Å². The Bertz CT molecular complexity index is 824. The lowest BCUT2D eigenvalue weighted by molar-refractivity contribution is -0.142. The Balaban J connectivity index is 0.00000420. The molecule has 29 heavy (non-hydrogen) atoms. The number of aryl methyl sites for hydroxylation is 1. The van der Waals surface area contributed by atoms with Gasteiger partial charge in [-0.1, -0.05) is 0 Å². The lowest BCUT2D eigenvalue weighted by Crippen LogP contribution is -2.30. The van der Waals surface area contributed by atoms with Gasteiger partial charge in [0, 0.05) is 37.1 Å². The van der Waals surface area contributed by atoms with Crippen molar-refractivity contribution >= 4 is 35.6 Å². The number of anilines is 1. The van der Waals surface area contributed by atoms with Gasteiger partial charge in [-0.05, 0) is 26.0 Å². The number of hydrogen-bond acceptors (Lipinski definition) is 4. The summed E-state index contributed by atoms with van der Waals surface area (Å²) in [6.45, 7) is 4.56. The molecule has 1 aromatic carbocycles. The van der Waals surface area contributed by atoms with Gasteiger partial charge in [0.2, 0.25) is 0 Å². The number of aliphatic imine (C=N–C) groups is 1. The van der Waals surface area contributed by atoms with E-state index in [1.807, 2.05) is 13.8 Å². The summed E-state index contributed by atoms with van der Waals surface area (Å²) in [4.78, 5) is 4.25. The molecule has 0 bridgehead atoms. The molecule has 0 aliphatic carbocycles. The summed E-state index contributed by atoms with van der Waals surface area (Å²) >= 11 is 0. The first kappa shape index (κ1) is 24.9. The highest BCUT2D eigenvalue weighted by atomic mass is 127. The first-order chi connectivity index (χ1) is 13.3. The van der Waals surface area contributed by atoms with Gasteiger partial charge < -0.3 is 20.1 Å². The predicted octanol–water partition coefficient (Wildman–Crippen LogP) is 4.04. The lowest BCUT2D eigenvalue weighted by Gasteiger charge is -2.14. The van der Waals surface area contributed by atoms with Crippen LogP contribution in [0.15, 0.2) is 29.4 Å². The van der Waals surface area contributed by atoms with Crippen LogP contribution in [0.3, 0.4) is 0 Å². The van der Waals surface area contributed by atoms with Crippen molar-refractivity contribution in [3.05, 3.63) is 35.7 Å². The summed E-state index contributed by atoms with van der Waals surface area (Å²) in [7, 11) is 2.99. The number of benzene rings is 1. The fourth-order valence-corrected chi connectivity index (χ4v) is 2.52. The Labute approximate surface area is 184 Å². The van der Waals surface area contributed by atoms with Crippen molar-refractivity contribution in [1.29, 1.82) is 0 Å². The molecule has 1 heterocycles. The average molecular weight is 527 g/mol. The topological polar surface area (TPSA) is 72.7 Å². The molecule has 0 saturated heterocycles. The van der Waals surface area contributed by atoms with E-state index in [-0.39, 0.29) is 36.1 Å². The van der Waals surface area contributed by atoms with E-state index in [1.54, 1.807) is 25.3 Å². The third-order valence-corrected chi connectivity index (χ3v) is 3.65. The van der Waals surface area contributed by atoms with Crippen molar-refractivity contribution in [2.24, 2.45) is 12.0 Å². The molecule has 0 radical (unpaired) electrons. The summed E-state index contributed by atoms with van der Waals surface area (Å²) < 4.78 is 51.2. The van der Waals surface area contributed by atoms with Crippen LogP contribution in [0.4, 0.5) is 18.9 Å². The molecule has 0 unspecified atom stereocenters. The fourth-order valence-electron chi connectivity index (χ4n) is 2.52. The van der Waals surface area contributed by atoms with E-state index in [1.165, 1.54) is 13.2 Å². The van der Waals surface area contributed by atoms with Crippen LogP contribution in [0.1, 0.15) is 25.1 Å². The number of nitrogens with zero attached hydrogens (tertiary/aromatic N) is 3. The number of ether oxygens (including phenoxy) is 2. The molecule has 0 aliphatic heterocycles. The van der Waals surface area contributed by atoms with Crippen molar-refractivity contribution in [1.82, 2.24) is 15.1 Å². The van der Waals surface area contributed by atoms with Gasteiger partial charge >= 0.3 is 6.18 Å². The van der Waals surface area contributed by atoms with Crippen LogP contribution in [0, 0.1) is 0 Å². The van der Waals surface area contributed by atoms with E-state index >= 15 is 0 Å². The Morgan fingerprint density at radius 2 is 1.97 bits per heavy atom. The minimum absolute atomic E-state index is 0. The molecule has 1 aromatic heterocycles. The maximum atomic E-state index is 13.1. The first-order valence-corrected chi connectivity index (χ1v) is 8.74. The molecule has 11 heteroatoms. The molecule has 2 N–H and O–H groups in total. The van der Waals surface area contributed by atoms with E-state index in [0.29, 0.717) is 36.3 Å². The van der Waals surface area contributed by atoms with E-state index in [9.17, 15) is 13.2 Å². The summed E-state index contributed by atoms with van der Waals surface area (Å²) in [5, 5.41) is 9.56. The molecule has 162 valence electrons. The van der Waals surface area contributed by atoms with Gasteiger partial charge in [-0.25, -0.2) is 4.99 Å². The molecule has 0 saturated carbocycles. The van der Waals surface area contributed by atoms with Gasteiger partial charge in [0.05, 0.1) is 20.3 Å². The van der Waals surface area contributed by atoms with Crippen molar-refractivity contribution in [2.75, 3.05) is 25.6 Å². The van der Waals surface area contributed by atoms with Crippen LogP contribution in [0.25, 0.3) is 0 Å². The number of methoxy groups -OCH3 is 1. The molecule has 0 spiro atoms. The van der Waals surface area contributed by atoms with Crippen molar-refractivity contribution in [3.63, 3.8) is 0 Å². The number of hydrogen-bond donors (Lipinski definition) is 2. The number of rotatable bonds is 7. The first-order valence-electron chi connectivity index (χ1n) is 8.74. The maximum Gasteiger partial charge on any atom is 0.435 e. The van der Waals surface area contributed by atoms with Crippen LogP contribution in [0.5, 0.6) is 11.5 Å². The Morgan fingerprint density at radius 3 is 2.55 bits per heavy atom. The molecule has 0 amide bonds. The zero-order valence-electron chi connectivity index (χ0n) is 16.6. The van der Waals surface area contributed by atoms with Gasteiger partial charge in [0.1, 0.15) is 0 Å². The Hall–Kier alpha value is -2.18. The SMILES string of the molecule is CCNC(=NCc1cn(C)nc1C(F)(F)F)Nc1ccc(OC)c(OCC)c1.I. The number of guanidine groups is 1. The fraction of sp³-hybridized carbons (Fsp3) is 0.444. The van der Waals surface area contributed by atoms with Gasteiger partial charge in [-0.15, -0.1) is 24.0 Å². The molecule has 0 atom stereocenters. The van der Waals surface area contributed by atoms with Crippen LogP contribution < -0.4 is 20.1 Å². The highest BCUT2D eigenvalue weighted by Gasteiger charge is 2.36. The zero-order valence-corrected chi connectivity index (χ0v) is 19.0. The Morgan fingerprint density at radius 1 is 1.24 bits per heavy atom. The number of halogens is 4. The van der Waals surface area contributed by atoms with Crippen LogP contribution in [-0.2, 0) is 19.8 Å². The van der Waals surface area contributed by atoms with Gasteiger partial charge in [0.25, 0.3) is 0 Å². The standard InChI is InChI=1S/C18H24F3N5O2.HI/c1-5-22-17(23-10-12-11-26(3)25-16(12)18(19,20)21)24-13-7-8-14(27-4)15(9-13)28-6-2;/h7-9,11H,5-6,10H2,1-4H3,(H2,22,23,24);1H. The van der Waals surface area contributed by atoms with E-state index in [4.69, 9.17) is 9.47 Å². The maximum absolute atomic E-state index is 13.1. The summed E-state index contributed by atoms with van der Waals surface area (Å²) in [5.74, 6) is 1.48. The van der Waals surface area contributed by atoms with Crippen LogP contribution in [0.2, 0.25) is 0 Å². The normalized spacial score (nSPS) is 11.6. The second kappa shape index (κ2) is 11.1. The lowest BCUT2D eigenvalue weighted by atomic mass is 10.2. The zero-order chi connectivity index (χ0) is 20.7. The van der Waals surface area contributed by atoms with Gasteiger partial charge in [-0.3, -0.25) is 4.68 Å². The number of aromatic nitrogens is 2. The van der Waals surface area contributed by atoms with Crippen molar-refractivity contribution in [3.8, 4) is 11.5 Å². The molecular weight excluding hydrogens is 502 g/mol. The number of nitrogens with one attached hydrogen (secondary N) is 2. The molecule has 0 aliphatic rings. The highest BCUT2D eigenvalue weighted by Crippen LogP contribution is 2.31. The van der Waals surface area contributed by atoms with Crippen LogP contribution >= 0.6 is 24.0 Å². The van der Waals surface area contributed by atoms with E-state index in [2.05, 4.69) is 20.7 Å². The van der Waals surface area contributed by atoms with Gasteiger partial charge in [-0.2, -0.15) is 18.3 Å². The largest absolute Gasteiger partial charge is 0.493 e. The van der Waals surface area contributed by atoms with Crippen LogP contribution in [-0.4, -0.2) is 36.0 Å². The van der Waals surface area contributed by atoms with Crippen molar-refractivity contribution < 1.29 is 22.6 Å². The Kier molecular flexibility index (Phi) is 9.53. The summed E-state index contributed by atoms with van der Waals surface area (Å²) in [6, 6.07) is 5.24. The smallest absolute Gasteiger partial charge is 0.435 e. The third-order valence-electron chi connectivity index (χ3n) is 3.65. The van der Waals surface area contributed by atoms with Crippen molar-refractivity contribution in [2.45, 2.75) is 26.6 Å². The van der Waals surface area contributed by atoms with E-state index in [0.717, 1.165) is 4.68 Å². The predicted molar refractivity (Wildman–Crippen MR) is 116 cm³/mol. The summed E-state index contributed by atoms with van der Waals surface area (Å²) in [5.41, 5.74) is -0.277.